The van der Waals surface area contributed by atoms with Gasteiger partial charge in [0.15, 0.2) is 0 Å². The molecule has 0 saturated carbocycles. The van der Waals surface area contributed by atoms with Crippen molar-refractivity contribution in [1.29, 1.82) is 0 Å². The predicted octanol–water partition coefficient (Wildman–Crippen LogP) is 2.45. The summed E-state index contributed by atoms with van der Waals surface area (Å²) in [6.45, 7) is 3.62. The van der Waals surface area contributed by atoms with Crippen LogP contribution < -0.4 is 10.6 Å². The number of benzene rings is 1. The Morgan fingerprint density at radius 1 is 1.11 bits per heavy atom. The van der Waals surface area contributed by atoms with Gasteiger partial charge in [0.2, 0.25) is 5.91 Å². The van der Waals surface area contributed by atoms with Crippen molar-refractivity contribution in [2.75, 3.05) is 13.1 Å². The lowest BCUT2D eigenvalue weighted by molar-refractivity contribution is -0.132. The third kappa shape index (κ3) is 3.81. The Bertz CT molecular complexity index is 870. The largest absolute Gasteiger partial charge is 0.347 e. The molecule has 8 heteroatoms. The van der Waals surface area contributed by atoms with E-state index < -0.39 is 5.54 Å². The van der Waals surface area contributed by atoms with Gasteiger partial charge in [-0.05, 0) is 62.7 Å². The van der Waals surface area contributed by atoms with E-state index in [4.69, 9.17) is 0 Å². The highest BCUT2D eigenvalue weighted by molar-refractivity contribution is 5.85. The lowest BCUT2D eigenvalue weighted by Gasteiger charge is -2.37. The van der Waals surface area contributed by atoms with Crippen LogP contribution in [0.4, 0.5) is 0 Å². The lowest BCUT2D eigenvalue weighted by atomic mass is 9.87. The molecule has 0 bridgehead atoms. The molecule has 1 aliphatic heterocycles. The first-order valence-corrected chi connectivity index (χ1v) is 9.31. The van der Waals surface area contributed by atoms with Gasteiger partial charge < -0.3 is 10.6 Å². The van der Waals surface area contributed by atoms with E-state index in [2.05, 4.69) is 20.8 Å². The number of amides is 1. The predicted molar refractivity (Wildman–Crippen MR) is 110 cm³/mol. The van der Waals surface area contributed by atoms with E-state index in [1.54, 1.807) is 12.4 Å². The summed E-state index contributed by atoms with van der Waals surface area (Å²) in [5.41, 5.74) is 1.43. The minimum Gasteiger partial charge on any atom is -0.347 e. The van der Waals surface area contributed by atoms with Gasteiger partial charge >= 0.3 is 0 Å². The zero-order chi connectivity index (χ0) is 18.7. The van der Waals surface area contributed by atoms with Crippen molar-refractivity contribution in [2.45, 2.75) is 31.3 Å². The average molecular weight is 401 g/mol. The van der Waals surface area contributed by atoms with E-state index in [0.29, 0.717) is 0 Å². The van der Waals surface area contributed by atoms with Crippen LogP contribution in [-0.4, -0.2) is 38.6 Å². The summed E-state index contributed by atoms with van der Waals surface area (Å²) in [5, 5.41) is 15.1. The molecule has 3 aromatic rings. The number of nitrogens with zero attached hydrogens (tertiary/aromatic N) is 4. The molecule has 4 rings (SSSR count). The van der Waals surface area contributed by atoms with E-state index in [9.17, 15) is 4.79 Å². The summed E-state index contributed by atoms with van der Waals surface area (Å²) in [6, 6.07) is 11.8. The molecule has 2 aromatic heterocycles. The van der Waals surface area contributed by atoms with Crippen molar-refractivity contribution >= 4 is 18.3 Å². The fourth-order valence-corrected chi connectivity index (χ4v) is 3.67. The number of nitrogens with one attached hydrogen (secondary N) is 2. The quantitative estimate of drug-likeness (QED) is 0.689. The van der Waals surface area contributed by atoms with Crippen LogP contribution in [0.5, 0.6) is 0 Å². The molecule has 28 heavy (non-hydrogen) atoms. The number of carbonyl (C=O) groups excluding carboxylic acids is 1. The highest BCUT2D eigenvalue weighted by atomic mass is 35.5. The van der Waals surface area contributed by atoms with Crippen molar-refractivity contribution in [3.63, 3.8) is 0 Å². The van der Waals surface area contributed by atoms with Crippen molar-refractivity contribution < 1.29 is 4.79 Å². The Balaban J connectivity index is 0.00000225. The standard InChI is InChI=1S/C20H24N6O.ClH/c1-16(17-4-6-18(7-5-17)25-14-2-10-22-25)24-19(27)20(8-12-21-13-9-20)26-15-3-11-23-26;/h2-7,10-11,14-16,21H,8-9,12-13H2,1H3,(H,24,27);1H. The van der Waals surface area contributed by atoms with Crippen LogP contribution in [0.1, 0.15) is 31.4 Å². The molecular weight excluding hydrogens is 376 g/mol. The number of rotatable bonds is 5. The molecule has 1 aliphatic rings. The van der Waals surface area contributed by atoms with E-state index in [1.807, 2.05) is 65.1 Å². The maximum Gasteiger partial charge on any atom is 0.248 e. The summed E-state index contributed by atoms with van der Waals surface area (Å²) in [4.78, 5) is 13.2. The molecule has 1 unspecified atom stereocenters. The van der Waals surface area contributed by atoms with Gasteiger partial charge in [0, 0.05) is 24.8 Å². The minimum absolute atomic E-state index is 0. The van der Waals surface area contributed by atoms with Gasteiger partial charge in [-0.1, -0.05) is 12.1 Å². The van der Waals surface area contributed by atoms with Crippen LogP contribution in [0.2, 0.25) is 0 Å². The molecule has 0 aliphatic carbocycles. The van der Waals surface area contributed by atoms with Crippen molar-refractivity contribution in [3.05, 3.63) is 66.7 Å². The minimum atomic E-state index is -0.627. The molecule has 2 N–H and O–H groups in total. The van der Waals surface area contributed by atoms with E-state index >= 15 is 0 Å². The molecule has 1 amide bonds. The molecule has 148 valence electrons. The second-order valence-corrected chi connectivity index (χ2v) is 6.97. The van der Waals surface area contributed by atoms with E-state index in [-0.39, 0.29) is 24.4 Å². The monoisotopic (exact) mass is 400 g/mol. The van der Waals surface area contributed by atoms with Crippen molar-refractivity contribution in [3.8, 4) is 5.69 Å². The number of hydrogen-bond donors (Lipinski definition) is 2. The summed E-state index contributed by atoms with van der Waals surface area (Å²) < 4.78 is 3.63. The van der Waals surface area contributed by atoms with Crippen LogP contribution in [0.15, 0.2) is 61.2 Å². The van der Waals surface area contributed by atoms with Crippen LogP contribution in [-0.2, 0) is 10.3 Å². The topological polar surface area (TPSA) is 76.8 Å². The van der Waals surface area contributed by atoms with Crippen molar-refractivity contribution in [2.24, 2.45) is 0 Å². The number of halogens is 1. The zero-order valence-electron chi connectivity index (χ0n) is 15.8. The third-order valence-corrected chi connectivity index (χ3v) is 5.31. The molecule has 1 fully saturated rings. The van der Waals surface area contributed by atoms with Gasteiger partial charge in [-0.2, -0.15) is 10.2 Å². The average Bonchev–Trinajstić information content (AvgIpc) is 3.43. The molecule has 1 aromatic carbocycles. The molecule has 1 atom stereocenters. The SMILES string of the molecule is CC(NC(=O)C1(n2cccn2)CCNCC1)c1ccc(-n2cccn2)cc1.Cl. The normalized spacial score (nSPS) is 16.8. The molecule has 0 radical (unpaired) electrons. The van der Waals surface area contributed by atoms with Crippen molar-refractivity contribution in [1.82, 2.24) is 30.2 Å². The molecule has 7 nitrogen and oxygen atoms in total. The number of carbonyl (C=O) groups is 1. The second kappa shape index (κ2) is 8.58. The number of hydrogen-bond acceptors (Lipinski definition) is 4. The lowest BCUT2D eigenvalue weighted by Crippen LogP contribution is -2.55. The van der Waals surface area contributed by atoms with Gasteiger partial charge in [-0.3, -0.25) is 9.48 Å². The molecule has 3 heterocycles. The van der Waals surface area contributed by atoms with E-state index in [1.165, 1.54) is 0 Å². The van der Waals surface area contributed by atoms with Gasteiger partial charge in [-0.15, -0.1) is 12.4 Å². The van der Waals surface area contributed by atoms with Crippen LogP contribution >= 0.6 is 12.4 Å². The highest BCUT2D eigenvalue weighted by Gasteiger charge is 2.42. The first-order chi connectivity index (χ1) is 13.2. The Morgan fingerprint density at radius 3 is 2.39 bits per heavy atom. The number of piperidine rings is 1. The molecule has 0 spiro atoms. The van der Waals surface area contributed by atoms with Crippen LogP contribution in [0, 0.1) is 0 Å². The smallest absolute Gasteiger partial charge is 0.248 e. The summed E-state index contributed by atoms with van der Waals surface area (Å²) in [5.74, 6) is 0.0244. The summed E-state index contributed by atoms with van der Waals surface area (Å²) in [6.07, 6.45) is 8.73. The second-order valence-electron chi connectivity index (χ2n) is 6.97. The Morgan fingerprint density at radius 2 is 1.79 bits per heavy atom. The van der Waals surface area contributed by atoms with Gasteiger partial charge in [0.05, 0.1) is 11.7 Å². The summed E-state index contributed by atoms with van der Waals surface area (Å²) >= 11 is 0. The fourth-order valence-electron chi connectivity index (χ4n) is 3.67. The van der Waals surface area contributed by atoms with E-state index in [0.717, 1.165) is 37.2 Å². The maximum atomic E-state index is 13.2. The molecule has 1 saturated heterocycles. The van der Waals surface area contributed by atoms with Gasteiger partial charge in [0.25, 0.3) is 0 Å². The Labute approximate surface area is 170 Å². The Kier molecular flexibility index (Phi) is 6.16. The Hall–Kier alpha value is -2.64. The zero-order valence-corrected chi connectivity index (χ0v) is 16.6. The van der Waals surface area contributed by atoms with Crippen LogP contribution in [0.25, 0.3) is 5.69 Å². The fraction of sp³-hybridized carbons (Fsp3) is 0.350. The first-order valence-electron chi connectivity index (χ1n) is 9.31. The molecular formula is C20H25ClN6O. The maximum absolute atomic E-state index is 13.2. The van der Waals surface area contributed by atoms with Gasteiger partial charge in [-0.25, -0.2) is 4.68 Å². The van der Waals surface area contributed by atoms with Gasteiger partial charge in [0.1, 0.15) is 5.54 Å². The van der Waals surface area contributed by atoms with Crippen LogP contribution in [0.3, 0.4) is 0 Å². The first kappa shape index (κ1) is 20.1. The highest BCUT2D eigenvalue weighted by Crippen LogP contribution is 2.28. The number of aromatic nitrogens is 4. The summed E-state index contributed by atoms with van der Waals surface area (Å²) in [7, 11) is 0. The third-order valence-electron chi connectivity index (χ3n) is 5.31.